The molecule has 0 amide bonds. The molecule has 3 heteroatoms. The molecule has 1 aliphatic rings. The van der Waals surface area contributed by atoms with E-state index in [1.54, 1.807) is 18.0 Å². The second kappa shape index (κ2) is 5.43. The number of hydrogen-bond acceptors (Lipinski definition) is 3. The maximum atomic E-state index is 5.33. The van der Waals surface area contributed by atoms with E-state index < -0.39 is 0 Å². The minimum absolute atomic E-state index is 0.766. The van der Waals surface area contributed by atoms with E-state index in [1.807, 2.05) is 13.0 Å². The fourth-order valence-electron chi connectivity index (χ4n) is 2.08. The number of hydrogen-bond donors (Lipinski definition) is 1. The molecule has 0 bridgehead atoms. The van der Waals surface area contributed by atoms with Crippen molar-refractivity contribution in [2.24, 2.45) is 0 Å². The van der Waals surface area contributed by atoms with Crippen LogP contribution in [-0.2, 0) is 6.54 Å². The third kappa shape index (κ3) is 3.23. The van der Waals surface area contributed by atoms with Crippen molar-refractivity contribution < 1.29 is 4.42 Å². The maximum absolute atomic E-state index is 5.33. The summed E-state index contributed by atoms with van der Waals surface area (Å²) in [5, 5.41) is 3.57. The van der Waals surface area contributed by atoms with E-state index in [-0.39, 0.29) is 0 Å². The summed E-state index contributed by atoms with van der Waals surface area (Å²) in [6.45, 7) is 5.19. The first-order chi connectivity index (χ1) is 9.22. The first-order valence-corrected chi connectivity index (χ1v) is 7.59. The van der Waals surface area contributed by atoms with Gasteiger partial charge in [-0.2, -0.15) is 0 Å². The molecule has 1 aliphatic carbocycles. The highest BCUT2D eigenvalue weighted by Crippen LogP contribution is 2.32. The third-order valence-corrected chi connectivity index (χ3v) is 4.64. The van der Waals surface area contributed by atoms with Crippen molar-refractivity contribution in [3.8, 4) is 0 Å². The van der Waals surface area contributed by atoms with Gasteiger partial charge in [-0.3, -0.25) is 0 Å². The van der Waals surface area contributed by atoms with Gasteiger partial charge in [0.2, 0.25) is 0 Å². The fourth-order valence-corrected chi connectivity index (χ4v) is 3.02. The molecule has 0 radical (unpaired) electrons. The summed E-state index contributed by atoms with van der Waals surface area (Å²) in [6, 6.07) is 9.50. The van der Waals surface area contributed by atoms with Gasteiger partial charge in [0.15, 0.2) is 0 Å². The third-order valence-electron chi connectivity index (χ3n) is 3.51. The van der Waals surface area contributed by atoms with Gasteiger partial charge in [0, 0.05) is 17.5 Å². The number of furan rings is 1. The normalized spacial score (nSPS) is 14.8. The predicted molar refractivity (Wildman–Crippen MR) is 78.6 cm³/mol. The van der Waals surface area contributed by atoms with Gasteiger partial charge >= 0.3 is 0 Å². The maximum Gasteiger partial charge on any atom is 0.114 e. The molecule has 2 aromatic rings. The number of rotatable bonds is 5. The summed E-state index contributed by atoms with van der Waals surface area (Å²) in [4.78, 5) is 2.47. The fraction of sp³-hybridized carbons (Fsp3) is 0.375. The molecule has 19 heavy (non-hydrogen) atoms. The lowest BCUT2D eigenvalue weighted by molar-refractivity contribution is 0.527. The Bertz CT molecular complexity index is 572. The molecule has 0 atom stereocenters. The summed E-state index contributed by atoms with van der Waals surface area (Å²) >= 11 is 1.77. The Hall–Kier alpha value is -1.19. The van der Waals surface area contributed by atoms with Crippen LogP contribution in [-0.4, -0.2) is 6.04 Å². The summed E-state index contributed by atoms with van der Waals surface area (Å²) in [5.74, 6) is 0.988. The Morgan fingerprint density at radius 2 is 2.11 bits per heavy atom. The topological polar surface area (TPSA) is 25.2 Å². The summed E-state index contributed by atoms with van der Waals surface area (Å²) in [7, 11) is 0. The van der Waals surface area contributed by atoms with Gasteiger partial charge in [0.25, 0.3) is 0 Å². The van der Waals surface area contributed by atoms with E-state index in [4.69, 9.17) is 4.42 Å². The van der Waals surface area contributed by atoms with Crippen LogP contribution in [0.2, 0.25) is 0 Å². The van der Waals surface area contributed by atoms with E-state index >= 15 is 0 Å². The Kier molecular flexibility index (Phi) is 3.67. The van der Waals surface area contributed by atoms with Crippen molar-refractivity contribution in [2.75, 3.05) is 0 Å². The molecule has 100 valence electrons. The molecule has 1 heterocycles. The van der Waals surface area contributed by atoms with Crippen molar-refractivity contribution in [3.63, 3.8) is 0 Å². The van der Waals surface area contributed by atoms with Crippen LogP contribution in [0.1, 0.15) is 29.7 Å². The first kappa shape index (κ1) is 12.8. The lowest BCUT2D eigenvalue weighted by Gasteiger charge is -2.09. The molecule has 1 fully saturated rings. The summed E-state index contributed by atoms with van der Waals surface area (Å²) < 4.78 is 5.33. The van der Waals surface area contributed by atoms with Crippen molar-refractivity contribution in [1.82, 2.24) is 5.32 Å². The minimum atomic E-state index is 0.766. The van der Waals surface area contributed by atoms with Crippen LogP contribution in [0.4, 0.5) is 0 Å². The van der Waals surface area contributed by atoms with Gasteiger partial charge in [0.1, 0.15) is 5.76 Å². The highest BCUT2D eigenvalue weighted by molar-refractivity contribution is 7.99. The molecule has 0 unspecified atom stereocenters. The van der Waals surface area contributed by atoms with E-state index in [0.29, 0.717) is 0 Å². The second-order valence-electron chi connectivity index (χ2n) is 5.19. The Morgan fingerprint density at radius 3 is 2.74 bits per heavy atom. The molecule has 1 aromatic heterocycles. The molecule has 1 aromatic carbocycles. The van der Waals surface area contributed by atoms with Crippen molar-refractivity contribution in [1.29, 1.82) is 0 Å². The summed E-state index contributed by atoms with van der Waals surface area (Å²) in [5.41, 5.74) is 2.76. The van der Waals surface area contributed by atoms with Crippen LogP contribution in [0.5, 0.6) is 0 Å². The van der Waals surface area contributed by atoms with E-state index in [0.717, 1.165) is 18.3 Å². The van der Waals surface area contributed by atoms with Crippen LogP contribution < -0.4 is 5.32 Å². The number of aryl methyl sites for hydroxylation is 2. The van der Waals surface area contributed by atoms with Gasteiger partial charge in [0.05, 0.1) is 11.2 Å². The highest BCUT2D eigenvalue weighted by Gasteiger charge is 2.20. The smallest absolute Gasteiger partial charge is 0.114 e. The first-order valence-electron chi connectivity index (χ1n) is 6.77. The average molecular weight is 273 g/mol. The minimum Gasteiger partial charge on any atom is -0.468 e. The SMILES string of the molecule is Cc1cc(Sc2ccoc2C)ccc1CNC1CC1. The van der Waals surface area contributed by atoms with Gasteiger partial charge < -0.3 is 9.73 Å². The van der Waals surface area contributed by atoms with Gasteiger partial charge in [-0.1, -0.05) is 17.8 Å². The average Bonchev–Trinajstić information content (AvgIpc) is 3.13. The Balaban J connectivity index is 1.69. The van der Waals surface area contributed by atoms with Gasteiger partial charge in [-0.05, 0) is 56.0 Å². The van der Waals surface area contributed by atoms with Crippen molar-refractivity contribution >= 4 is 11.8 Å². The molecule has 3 rings (SSSR count). The van der Waals surface area contributed by atoms with Crippen LogP contribution in [0.3, 0.4) is 0 Å². The largest absolute Gasteiger partial charge is 0.468 e. The molecule has 1 N–H and O–H groups in total. The molecular formula is C16H19NOS. The van der Waals surface area contributed by atoms with Crippen LogP contribution in [0.25, 0.3) is 0 Å². The zero-order valence-electron chi connectivity index (χ0n) is 11.4. The second-order valence-corrected chi connectivity index (χ2v) is 6.30. The Morgan fingerprint density at radius 1 is 1.26 bits per heavy atom. The zero-order valence-corrected chi connectivity index (χ0v) is 12.2. The van der Waals surface area contributed by atoms with Crippen LogP contribution >= 0.6 is 11.8 Å². The highest BCUT2D eigenvalue weighted by atomic mass is 32.2. The van der Waals surface area contributed by atoms with Crippen LogP contribution in [0.15, 0.2) is 44.7 Å². The van der Waals surface area contributed by atoms with E-state index in [1.165, 1.54) is 33.8 Å². The van der Waals surface area contributed by atoms with Crippen LogP contribution in [0, 0.1) is 13.8 Å². The van der Waals surface area contributed by atoms with Crippen molar-refractivity contribution in [2.45, 2.75) is 49.1 Å². The van der Waals surface area contributed by atoms with Gasteiger partial charge in [-0.15, -0.1) is 0 Å². The lowest BCUT2D eigenvalue weighted by Crippen LogP contribution is -2.15. The molecule has 2 nitrogen and oxygen atoms in total. The zero-order chi connectivity index (χ0) is 13.2. The number of benzene rings is 1. The molecule has 1 saturated carbocycles. The molecule has 0 spiro atoms. The lowest BCUT2D eigenvalue weighted by atomic mass is 10.1. The predicted octanol–water partition coefficient (Wildman–Crippen LogP) is 4.30. The van der Waals surface area contributed by atoms with E-state index in [2.05, 4.69) is 30.4 Å². The molecule has 0 saturated heterocycles. The quantitative estimate of drug-likeness (QED) is 0.879. The van der Waals surface area contributed by atoms with Gasteiger partial charge in [-0.25, -0.2) is 0 Å². The molecular weight excluding hydrogens is 254 g/mol. The number of nitrogens with one attached hydrogen (secondary N) is 1. The monoisotopic (exact) mass is 273 g/mol. The standard InChI is InChI=1S/C16H19NOS/c1-11-9-15(19-16-7-8-18-12(16)2)6-3-13(11)10-17-14-4-5-14/h3,6-9,14,17H,4-5,10H2,1-2H3. The Labute approximate surface area is 118 Å². The summed E-state index contributed by atoms with van der Waals surface area (Å²) in [6.07, 6.45) is 4.43. The molecule has 0 aliphatic heterocycles. The van der Waals surface area contributed by atoms with Crippen molar-refractivity contribution in [3.05, 3.63) is 47.4 Å². The van der Waals surface area contributed by atoms with E-state index in [9.17, 15) is 0 Å².